The molecule has 1 aliphatic rings. The van der Waals surface area contributed by atoms with Gasteiger partial charge in [0.25, 0.3) is 5.91 Å². The first-order valence-corrected chi connectivity index (χ1v) is 10.8. The van der Waals surface area contributed by atoms with Crippen LogP contribution in [0, 0.1) is 0 Å². The van der Waals surface area contributed by atoms with Gasteiger partial charge in [-0.05, 0) is 54.4 Å². The number of para-hydroxylation sites is 1. The van der Waals surface area contributed by atoms with Crippen molar-refractivity contribution in [2.24, 2.45) is 0 Å². The van der Waals surface area contributed by atoms with Crippen molar-refractivity contribution >= 4 is 28.4 Å². The van der Waals surface area contributed by atoms with Gasteiger partial charge >= 0.3 is 0 Å². The van der Waals surface area contributed by atoms with E-state index in [-0.39, 0.29) is 11.8 Å². The van der Waals surface area contributed by atoms with Crippen molar-refractivity contribution in [2.45, 2.75) is 12.8 Å². The van der Waals surface area contributed by atoms with Gasteiger partial charge in [0.15, 0.2) is 0 Å². The van der Waals surface area contributed by atoms with Gasteiger partial charge < -0.3 is 15.4 Å². The van der Waals surface area contributed by atoms with E-state index in [0.29, 0.717) is 37.3 Å². The minimum atomic E-state index is -0.180. The summed E-state index contributed by atoms with van der Waals surface area (Å²) in [6.07, 6.45) is 4.59. The summed E-state index contributed by atoms with van der Waals surface area (Å²) in [5, 5.41) is 6.60. The Hall–Kier alpha value is -4.26. The molecular formula is C26H22N4O3. The Morgan fingerprint density at radius 1 is 1.03 bits per heavy atom. The molecule has 0 atom stereocenters. The second-order valence-corrected chi connectivity index (χ2v) is 7.78. The summed E-state index contributed by atoms with van der Waals surface area (Å²) >= 11 is 0. The molecule has 2 N–H and O–H groups in total. The molecule has 2 aromatic heterocycles. The number of pyridine rings is 2. The fourth-order valence-electron chi connectivity index (χ4n) is 3.91. The van der Waals surface area contributed by atoms with Crippen molar-refractivity contribution in [1.29, 1.82) is 0 Å². The van der Waals surface area contributed by atoms with Crippen molar-refractivity contribution in [3.63, 3.8) is 0 Å². The maximum absolute atomic E-state index is 13.0. The van der Waals surface area contributed by atoms with E-state index in [0.717, 1.165) is 33.4 Å². The molecule has 0 aliphatic carbocycles. The van der Waals surface area contributed by atoms with Gasteiger partial charge in [0.05, 0.1) is 23.3 Å². The molecule has 5 rings (SSSR count). The van der Waals surface area contributed by atoms with Crippen LogP contribution in [-0.4, -0.2) is 34.9 Å². The van der Waals surface area contributed by atoms with Crippen LogP contribution in [0.4, 0.5) is 5.69 Å². The Kier molecular flexibility index (Phi) is 5.68. The third-order valence-corrected chi connectivity index (χ3v) is 5.57. The van der Waals surface area contributed by atoms with Gasteiger partial charge in [-0.15, -0.1) is 0 Å². The largest absolute Gasteiger partial charge is 0.492 e. The number of nitrogens with zero attached hydrogens (tertiary/aromatic N) is 2. The maximum atomic E-state index is 13.0. The second-order valence-electron chi connectivity index (χ2n) is 7.78. The van der Waals surface area contributed by atoms with Gasteiger partial charge in [-0.3, -0.25) is 14.6 Å². The monoisotopic (exact) mass is 438 g/mol. The molecule has 0 saturated heterocycles. The van der Waals surface area contributed by atoms with E-state index in [1.54, 1.807) is 12.4 Å². The van der Waals surface area contributed by atoms with Gasteiger partial charge in [-0.25, -0.2) is 4.98 Å². The summed E-state index contributed by atoms with van der Waals surface area (Å²) in [5.74, 6) is 0.573. The van der Waals surface area contributed by atoms with E-state index in [4.69, 9.17) is 9.72 Å². The number of hydrogen-bond acceptors (Lipinski definition) is 5. The van der Waals surface area contributed by atoms with E-state index >= 15 is 0 Å². The Morgan fingerprint density at radius 2 is 1.88 bits per heavy atom. The maximum Gasteiger partial charge on any atom is 0.252 e. The normalized spacial score (nSPS) is 12.7. The number of nitrogens with one attached hydrogen (secondary N) is 2. The van der Waals surface area contributed by atoms with Crippen LogP contribution >= 0.6 is 0 Å². The molecule has 3 heterocycles. The number of hydrogen-bond donors (Lipinski definition) is 2. The Balaban J connectivity index is 1.27. The zero-order valence-electron chi connectivity index (χ0n) is 17.9. The number of amides is 2. The highest BCUT2D eigenvalue weighted by molar-refractivity contribution is 6.07. The van der Waals surface area contributed by atoms with Gasteiger partial charge in [0.2, 0.25) is 5.91 Å². The Bertz CT molecular complexity index is 1340. The third-order valence-electron chi connectivity index (χ3n) is 5.57. The molecule has 2 amide bonds. The van der Waals surface area contributed by atoms with Crippen LogP contribution in [0.15, 0.2) is 73.1 Å². The van der Waals surface area contributed by atoms with Crippen LogP contribution < -0.4 is 15.4 Å². The fourth-order valence-corrected chi connectivity index (χ4v) is 3.91. The molecule has 0 spiro atoms. The molecule has 0 radical (unpaired) electrons. The van der Waals surface area contributed by atoms with Gasteiger partial charge in [-0.1, -0.05) is 18.2 Å². The van der Waals surface area contributed by atoms with Gasteiger partial charge in [0.1, 0.15) is 12.4 Å². The molecular weight excluding hydrogens is 416 g/mol. The highest BCUT2D eigenvalue weighted by Crippen LogP contribution is 2.27. The molecule has 0 fully saturated rings. The zero-order chi connectivity index (χ0) is 22.6. The van der Waals surface area contributed by atoms with E-state index in [9.17, 15) is 9.59 Å². The highest BCUT2D eigenvalue weighted by Gasteiger charge is 2.16. The lowest BCUT2D eigenvalue weighted by atomic mass is 10.0. The van der Waals surface area contributed by atoms with Crippen molar-refractivity contribution in [2.75, 3.05) is 18.5 Å². The molecule has 1 aliphatic heterocycles. The van der Waals surface area contributed by atoms with Crippen molar-refractivity contribution in [3.05, 3.63) is 84.2 Å². The van der Waals surface area contributed by atoms with Crippen molar-refractivity contribution in [3.8, 4) is 17.0 Å². The van der Waals surface area contributed by atoms with E-state index in [2.05, 4.69) is 15.6 Å². The predicted octanol–water partition coefficient (Wildman–Crippen LogP) is 3.99. The van der Waals surface area contributed by atoms with Crippen molar-refractivity contribution in [1.82, 2.24) is 15.3 Å². The molecule has 4 aromatic rings. The second kappa shape index (κ2) is 9.08. The van der Waals surface area contributed by atoms with Crippen LogP contribution in [-0.2, 0) is 11.2 Å². The molecule has 0 bridgehead atoms. The lowest BCUT2D eigenvalue weighted by molar-refractivity contribution is -0.116. The molecule has 164 valence electrons. The molecule has 7 nitrogen and oxygen atoms in total. The van der Waals surface area contributed by atoms with Crippen molar-refractivity contribution < 1.29 is 14.3 Å². The number of benzene rings is 2. The first kappa shape index (κ1) is 20.6. The van der Waals surface area contributed by atoms with Crippen LogP contribution in [0.1, 0.15) is 22.3 Å². The fraction of sp³-hybridized carbons (Fsp3) is 0.154. The zero-order valence-corrected chi connectivity index (χ0v) is 17.9. The average molecular weight is 438 g/mol. The summed E-state index contributed by atoms with van der Waals surface area (Å²) in [7, 11) is 0. The summed E-state index contributed by atoms with van der Waals surface area (Å²) < 4.78 is 5.82. The Labute approximate surface area is 190 Å². The molecule has 2 aromatic carbocycles. The molecule has 33 heavy (non-hydrogen) atoms. The summed E-state index contributed by atoms with van der Waals surface area (Å²) in [6, 6.07) is 18.8. The first-order valence-electron chi connectivity index (χ1n) is 10.8. The number of aromatic nitrogens is 2. The topological polar surface area (TPSA) is 93.2 Å². The third kappa shape index (κ3) is 4.52. The molecule has 0 saturated carbocycles. The van der Waals surface area contributed by atoms with E-state index < -0.39 is 0 Å². The lowest BCUT2D eigenvalue weighted by Gasteiger charge is -2.17. The predicted molar refractivity (Wildman–Crippen MR) is 126 cm³/mol. The minimum absolute atomic E-state index is 0.0367. The summed E-state index contributed by atoms with van der Waals surface area (Å²) in [5.41, 5.74) is 4.84. The quantitative estimate of drug-likeness (QED) is 0.444. The standard InChI is InChI=1S/C26H22N4O3/c31-25-8-5-18-15-19(6-7-22(18)30-25)33-14-13-28-26(32)21-16-24(17-9-11-27-12-10-17)29-23-4-2-1-3-20(21)23/h1-4,6-7,9-12,15-16H,5,8,13-14H2,(H,28,32)(H,30,31). The van der Waals surface area contributed by atoms with Crippen LogP contribution in [0.25, 0.3) is 22.2 Å². The number of aryl methyl sites for hydroxylation is 1. The minimum Gasteiger partial charge on any atom is -0.492 e. The van der Waals surface area contributed by atoms with Gasteiger partial charge in [0, 0.05) is 35.5 Å². The number of carbonyl (C=O) groups excluding carboxylic acids is 2. The summed E-state index contributed by atoms with van der Waals surface area (Å²) in [4.78, 5) is 33.3. The van der Waals surface area contributed by atoms with Crippen LogP contribution in [0.2, 0.25) is 0 Å². The van der Waals surface area contributed by atoms with Crippen LogP contribution in [0.5, 0.6) is 5.75 Å². The van der Waals surface area contributed by atoms with E-state index in [1.807, 2.05) is 60.7 Å². The van der Waals surface area contributed by atoms with E-state index in [1.165, 1.54) is 0 Å². The number of anilines is 1. The smallest absolute Gasteiger partial charge is 0.252 e. The number of ether oxygens (including phenoxy) is 1. The average Bonchev–Trinajstić information content (AvgIpc) is 2.86. The number of rotatable bonds is 6. The van der Waals surface area contributed by atoms with Crippen LogP contribution in [0.3, 0.4) is 0 Å². The molecule has 7 heteroatoms. The number of fused-ring (bicyclic) bond motifs is 2. The number of carbonyl (C=O) groups is 2. The molecule has 0 unspecified atom stereocenters. The Morgan fingerprint density at radius 3 is 2.76 bits per heavy atom. The summed E-state index contributed by atoms with van der Waals surface area (Å²) in [6.45, 7) is 0.686. The van der Waals surface area contributed by atoms with Gasteiger partial charge in [-0.2, -0.15) is 0 Å². The SMILES string of the molecule is O=C1CCc2cc(OCCNC(=O)c3cc(-c4ccncc4)nc4ccccc34)ccc2N1. The lowest BCUT2D eigenvalue weighted by Crippen LogP contribution is -2.28. The highest BCUT2D eigenvalue weighted by atomic mass is 16.5. The first-order chi connectivity index (χ1) is 16.2.